The molecule has 7 aromatic carbocycles. The summed E-state index contributed by atoms with van der Waals surface area (Å²) in [5.41, 5.74) is 2.54. The summed E-state index contributed by atoms with van der Waals surface area (Å²) in [5.74, 6) is 0.818. The lowest BCUT2D eigenvalue weighted by Gasteiger charge is -2.17. The molecule has 0 saturated heterocycles. The number of benzene rings is 7. The van der Waals surface area contributed by atoms with E-state index in [0.717, 1.165) is 22.7 Å². The molecule has 2 heterocycles. The Balaban J connectivity index is 1.28. The number of hydrogen-bond acceptors (Lipinski definition) is 3. The second kappa shape index (κ2) is 14.1. The van der Waals surface area contributed by atoms with Gasteiger partial charge < -0.3 is 4.57 Å². The van der Waals surface area contributed by atoms with Gasteiger partial charge in [-0.05, 0) is 76.9 Å². The molecule has 284 valence electrons. The van der Waals surface area contributed by atoms with E-state index in [2.05, 4.69) is 0 Å². The fraction of sp³-hybridized carbons (Fsp3) is 0.0426. The van der Waals surface area contributed by atoms with E-state index >= 15 is 0 Å². The number of aromatic nitrogens is 4. The zero-order chi connectivity index (χ0) is 40.2. The Bertz CT molecular complexity index is 2920. The van der Waals surface area contributed by atoms with E-state index in [0.29, 0.717) is 62.2 Å². The maximum atomic E-state index is 14.3. The van der Waals surface area contributed by atoms with Gasteiger partial charge in [0, 0.05) is 33.2 Å². The number of rotatable bonds is 6. The molecule has 2 aromatic heterocycles. The summed E-state index contributed by atoms with van der Waals surface area (Å²) >= 11 is 0. The second-order valence-corrected chi connectivity index (χ2v) is 13.6. The Hall–Kier alpha value is -7.14. The van der Waals surface area contributed by atoms with E-state index < -0.39 is 29.3 Å². The zero-order valence-electron chi connectivity index (χ0n) is 30.0. The van der Waals surface area contributed by atoms with Crippen molar-refractivity contribution in [2.24, 2.45) is 0 Å². The van der Waals surface area contributed by atoms with Crippen molar-refractivity contribution in [3.8, 4) is 62.1 Å². The van der Waals surface area contributed by atoms with Crippen LogP contribution in [0.15, 0.2) is 164 Å². The summed E-state index contributed by atoms with van der Waals surface area (Å²) in [7, 11) is 0. The Labute approximate surface area is 326 Å². The Morgan fingerprint density at radius 3 is 1.60 bits per heavy atom. The molecule has 0 radical (unpaired) electrons. The molecular weight excluding hydrogens is 754 g/mol. The summed E-state index contributed by atoms with van der Waals surface area (Å²) in [6, 6.07) is 44.5. The van der Waals surface area contributed by atoms with Gasteiger partial charge >= 0.3 is 12.4 Å². The highest BCUT2D eigenvalue weighted by Crippen LogP contribution is 2.43. The molecule has 0 aliphatic rings. The topological polar surface area (TPSA) is 43.6 Å². The van der Waals surface area contributed by atoms with Crippen LogP contribution in [0.25, 0.3) is 83.9 Å². The van der Waals surface area contributed by atoms with Gasteiger partial charge in [-0.2, -0.15) is 26.3 Å². The van der Waals surface area contributed by atoms with Gasteiger partial charge in [-0.3, -0.25) is 0 Å². The molecule has 58 heavy (non-hydrogen) atoms. The van der Waals surface area contributed by atoms with Crippen LogP contribution >= 0.6 is 0 Å². The third kappa shape index (κ3) is 6.74. The van der Waals surface area contributed by atoms with Gasteiger partial charge in [0.1, 0.15) is 5.82 Å². The zero-order valence-corrected chi connectivity index (χ0v) is 30.0. The maximum Gasteiger partial charge on any atom is 0.417 e. The number of para-hydroxylation sites is 1. The molecule has 0 fully saturated rings. The molecule has 0 N–H and O–H groups in total. The molecule has 11 heteroatoms. The SMILES string of the molecule is Fc1ccc(-c2ccc(-n3c4ccccc4c4cc(-c5ccc(C(F)(F)F)cc5C(F)(F)F)ccc43)cc2-c2nc(-c3ccccc3)nc(-c3ccccc3)n2)cc1. The van der Waals surface area contributed by atoms with E-state index in [-0.39, 0.29) is 17.2 Å². The van der Waals surface area contributed by atoms with Crippen molar-refractivity contribution in [1.29, 1.82) is 0 Å². The van der Waals surface area contributed by atoms with Gasteiger partial charge in [0.15, 0.2) is 17.5 Å². The lowest BCUT2D eigenvalue weighted by molar-refractivity contribution is -0.142. The highest BCUT2D eigenvalue weighted by molar-refractivity contribution is 6.10. The summed E-state index contributed by atoms with van der Waals surface area (Å²) < 4.78 is 99.5. The van der Waals surface area contributed by atoms with Crippen molar-refractivity contribution < 1.29 is 30.7 Å². The number of alkyl halides is 6. The average molecular weight is 781 g/mol. The first-order valence-electron chi connectivity index (χ1n) is 18.0. The maximum absolute atomic E-state index is 14.3. The standard InChI is InChI=1S/C47H27F7N4/c48-33-19-15-28(16-20-33)35-23-21-34(27-39(35)45-56-43(29-9-3-1-4-10-29)55-44(57-45)30-11-5-2-6-12-30)58-41-14-8-7-13-37(41)38-25-31(17-24-42(38)58)36-22-18-32(46(49,50)51)26-40(36)47(52,53)54/h1-27H. The van der Waals surface area contributed by atoms with Crippen LogP contribution in [0.1, 0.15) is 11.1 Å². The first-order chi connectivity index (χ1) is 27.9. The third-order valence-electron chi connectivity index (χ3n) is 9.99. The minimum absolute atomic E-state index is 0.107. The smallest absolute Gasteiger partial charge is 0.309 e. The van der Waals surface area contributed by atoms with Crippen LogP contribution in [0.2, 0.25) is 0 Å². The van der Waals surface area contributed by atoms with E-state index in [4.69, 9.17) is 15.0 Å². The normalized spacial score (nSPS) is 12.1. The van der Waals surface area contributed by atoms with Gasteiger partial charge in [-0.15, -0.1) is 0 Å². The summed E-state index contributed by atoms with van der Waals surface area (Å²) in [6.07, 6.45) is -9.99. The van der Waals surface area contributed by atoms with Crippen LogP contribution in [0.3, 0.4) is 0 Å². The van der Waals surface area contributed by atoms with E-state index in [1.54, 1.807) is 24.3 Å². The van der Waals surface area contributed by atoms with E-state index in [9.17, 15) is 30.7 Å². The fourth-order valence-corrected chi connectivity index (χ4v) is 7.29. The molecule has 0 aliphatic heterocycles. The minimum atomic E-state index is -5.04. The predicted molar refractivity (Wildman–Crippen MR) is 211 cm³/mol. The van der Waals surface area contributed by atoms with Crippen molar-refractivity contribution in [2.45, 2.75) is 12.4 Å². The first-order valence-corrected chi connectivity index (χ1v) is 18.0. The molecule has 0 saturated carbocycles. The highest BCUT2D eigenvalue weighted by atomic mass is 19.4. The molecule has 0 spiro atoms. The van der Waals surface area contributed by atoms with Crippen LogP contribution in [0.5, 0.6) is 0 Å². The summed E-state index contributed by atoms with van der Waals surface area (Å²) in [4.78, 5) is 14.8. The Morgan fingerprint density at radius 2 is 0.966 bits per heavy atom. The van der Waals surface area contributed by atoms with Gasteiger partial charge in [-0.1, -0.05) is 109 Å². The van der Waals surface area contributed by atoms with Crippen LogP contribution in [-0.2, 0) is 12.4 Å². The first kappa shape index (κ1) is 36.5. The minimum Gasteiger partial charge on any atom is -0.309 e. The van der Waals surface area contributed by atoms with Crippen molar-refractivity contribution in [2.75, 3.05) is 0 Å². The number of halogens is 7. The van der Waals surface area contributed by atoms with Crippen LogP contribution < -0.4 is 0 Å². The molecule has 0 aliphatic carbocycles. The molecule has 9 rings (SSSR count). The van der Waals surface area contributed by atoms with Gasteiger partial charge in [-0.25, -0.2) is 19.3 Å². The summed E-state index contributed by atoms with van der Waals surface area (Å²) in [6.45, 7) is 0. The highest BCUT2D eigenvalue weighted by Gasteiger charge is 2.38. The lowest BCUT2D eigenvalue weighted by Crippen LogP contribution is -2.12. The molecule has 9 aromatic rings. The predicted octanol–water partition coefficient (Wildman–Crippen LogP) is 13.5. The molecule has 0 bridgehead atoms. The fourth-order valence-electron chi connectivity index (χ4n) is 7.29. The largest absolute Gasteiger partial charge is 0.417 e. The molecular formula is C47H27F7N4. The molecule has 0 amide bonds. The lowest BCUT2D eigenvalue weighted by atomic mass is 9.95. The van der Waals surface area contributed by atoms with Crippen LogP contribution in [0.4, 0.5) is 30.7 Å². The average Bonchev–Trinajstić information content (AvgIpc) is 3.57. The summed E-state index contributed by atoms with van der Waals surface area (Å²) in [5, 5.41) is 1.30. The quantitative estimate of drug-likeness (QED) is 0.158. The molecule has 4 nitrogen and oxygen atoms in total. The molecule has 0 atom stereocenters. The van der Waals surface area contributed by atoms with Gasteiger partial charge in [0.2, 0.25) is 0 Å². The van der Waals surface area contributed by atoms with Crippen molar-refractivity contribution in [3.63, 3.8) is 0 Å². The van der Waals surface area contributed by atoms with Crippen LogP contribution in [0, 0.1) is 5.82 Å². The monoisotopic (exact) mass is 780 g/mol. The van der Waals surface area contributed by atoms with Gasteiger partial charge in [0.25, 0.3) is 0 Å². The number of fused-ring (bicyclic) bond motifs is 3. The molecule has 0 unspecified atom stereocenters. The number of nitrogens with zero attached hydrogens (tertiary/aromatic N) is 4. The van der Waals surface area contributed by atoms with Crippen molar-refractivity contribution >= 4 is 21.8 Å². The Kier molecular flexibility index (Phi) is 8.88. The van der Waals surface area contributed by atoms with E-state index in [1.165, 1.54) is 18.2 Å². The van der Waals surface area contributed by atoms with Gasteiger partial charge in [0.05, 0.1) is 22.2 Å². The number of hydrogen-bond donors (Lipinski definition) is 0. The van der Waals surface area contributed by atoms with Crippen LogP contribution in [-0.4, -0.2) is 19.5 Å². The van der Waals surface area contributed by atoms with Crippen molar-refractivity contribution in [3.05, 3.63) is 181 Å². The Morgan fingerprint density at radius 1 is 0.397 bits per heavy atom. The second-order valence-electron chi connectivity index (χ2n) is 13.6. The van der Waals surface area contributed by atoms with E-state index in [1.807, 2.05) is 108 Å². The van der Waals surface area contributed by atoms with Crippen molar-refractivity contribution in [1.82, 2.24) is 19.5 Å². The third-order valence-corrected chi connectivity index (χ3v) is 9.99.